The summed E-state index contributed by atoms with van der Waals surface area (Å²) in [4.78, 5) is 41.9. The molecule has 3 amide bonds. The average molecular weight is 463 g/mol. The predicted molar refractivity (Wildman–Crippen MR) is 126 cm³/mol. The number of hydrogen-bond donors (Lipinski definition) is 3. The minimum Gasteiger partial charge on any atom is -0.444 e. The van der Waals surface area contributed by atoms with Gasteiger partial charge in [0.1, 0.15) is 11.4 Å². The van der Waals surface area contributed by atoms with Gasteiger partial charge >= 0.3 is 12.1 Å². The Labute approximate surface area is 195 Å². The van der Waals surface area contributed by atoms with Crippen LogP contribution in [0.4, 0.5) is 21.5 Å². The van der Waals surface area contributed by atoms with Gasteiger partial charge in [0.05, 0.1) is 0 Å². The highest BCUT2D eigenvalue weighted by molar-refractivity contribution is 5.75. The van der Waals surface area contributed by atoms with E-state index in [2.05, 4.69) is 32.5 Å². The van der Waals surface area contributed by atoms with Crippen LogP contribution in [0.2, 0.25) is 0 Å². The molecule has 0 aromatic carbocycles. The van der Waals surface area contributed by atoms with E-state index in [1.165, 1.54) is 0 Å². The van der Waals surface area contributed by atoms with Crippen molar-refractivity contribution in [2.24, 2.45) is 0 Å². The SMILES string of the molecule is CCCCC(CNC(=O)OC(C)(C)C)NC(=O)N1CCN(c2nc(N)nc(C3CC3)n2)CC1. The second-order valence-electron chi connectivity index (χ2n) is 9.77. The van der Waals surface area contributed by atoms with Crippen LogP contribution in [-0.2, 0) is 4.74 Å². The average Bonchev–Trinajstić information content (AvgIpc) is 3.59. The molecule has 2 aliphatic rings. The first-order valence-corrected chi connectivity index (χ1v) is 11.9. The summed E-state index contributed by atoms with van der Waals surface area (Å²) in [6.45, 7) is 10.2. The number of rotatable bonds is 8. The van der Waals surface area contributed by atoms with Gasteiger partial charge in [0.25, 0.3) is 0 Å². The Hall–Kier alpha value is -2.85. The van der Waals surface area contributed by atoms with Crippen LogP contribution in [0, 0.1) is 0 Å². The summed E-state index contributed by atoms with van der Waals surface area (Å²) in [5.41, 5.74) is 5.32. The molecular weight excluding hydrogens is 424 g/mol. The summed E-state index contributed by atoms with van der Waals surface area (Å²) in [6, 6.07) is -0.289. The molecule has 1 aliphatic heterocycles. The van der Waals surface area contributed by atoms with E-state index in [4.69, 9.17) is 10.5 Å². The van der Waals surface area contributed by atoms with Crippen LogP contribution < -0.4 is 21.3 Å². The molecule has 2 fully saturated rings. The molecule has 1 aromatic heterocycles. The van der Waals surface area contributed by atoms with Gasteiger partial charge in [-0.1, -0.05) is 19.8 Å². The van der Waals surface area contributed by atoms with Gasteiger partial charge in [-0.15, -0.1) is 0 Å². The van der Waals surface area contributed by atoms with Crippen molar-refractivity contribution in [3.8, 4) is 0 Å². The Morgan fingerprint density at radius 1 is 1.15 bits per heavy atom. The molecule has 1 aliphatic carbocycles. The molecule has 184 valence electrons. The van der Waals surface area contributed by atoms with Gasteiger partial charge in [0, 0.05) is 44.7 Å². The maximum Gasteiger partial charge on any atom is 0.407 e. The summed E-state index contributed by atoms with van der Waals surface area (Å²) in [5.74, 6) is 2.01. The van der Waals surface area contributed by atoms with Gasteiger partial charge in [0.2, 0.25) is 11.9 Å². The van der Waals surface area contributed by atoms with Crippen molar-refractivity contribution in [3.63, 3.8) is 0 Å². The van der Waals surface area contributed by atoms with E-state index in [9.17, 15) is 9.59 Å². The van der Waals surface area contributed by atoms with Crippen LogP contribution in [-0.4, -0.2) is 76.3 Å². The quantitative estimate of drug-likeness (QED) is 0.535. The number of nitrogens with two attached hydrogens (primary N) is 1. The van der Waals surface area contributed by atoms with Gasteiger partial charge in [-0.25, -0.2) is 9.59 Å². The summed E-state index contributed by atoms with van der Waals surface area (Å²) in [5, 5.41) is 5.85. The van der Waals surface area contributed by atoms with Gasteiger partial charge in [0.15, 0.2) is 0 Å². The zero-order valence-electron chi connectivity index (χ0n) is 20.3. The summed E-state index contributed by atoms with van der Waals surface area (Å²) < 4.78 is 5.30. The molecular formula is C22H38N8O3. The van der Waals surface area contributed by atoms with Crippen LogP contribution in [0.5, 0.6) is 0 Å². The maximum atomic E-state index is 12.9. The molecule has 3 rings (SSSR count). The third-order valence-corrected chi connectivity index (χ3v) is 5.58. The Morgan fingerprint density at radius 2 is 1.85 bits per heavy atom. The van der Waals surface area contributed by atoms with Gasteiger partial charge < -0.3 is 30.9 Å². The molecule has 33 heavy (non-hydrogen) atoms. The second-order valence-corrected chi connectivity index (χ2v) is 9.77. The molecule has 4 N–H and O–H groups in total. The molecule has 11 heteroatoms. The number of piperazine rings is 1. The van der Waals surface area contributed by atoms with Crippen molar-refractivity contribution in [2.75, 3.05) is 43.4 Å². The van der Waals surface area contributed by atoms with Crippen molar-refractivity contribution in [1.29, 1.82) is 0 Å². The largest absolute Gasteiger partial charge is 0.444 e. The molecule has 1 atom stereocenters. The molecule has 11 nitrogen and oxygen atoms in total. The number of nitrogens with one attached hydrogen (secondary N) is 2. The number of nitrogens with zero attached hydrogens (tertiary/aromatic N) is 5. The lowest BCUT2D eigenvalue weighted by Crippen LogP contribution is -2.55. The number of nitrogen functional groups attached to an aromatic ring is 1. The zero-order chi connectivity index (χ0) is 24.0. The van der Waals surface area contributed by atoms with E-state index in [1.54, 1.807) is 4.90 Å². The van der Waals surface area contributed by atoms with Gasteiger partial charge in [-0.2, -0.15) is 15.0 Å². The van der Waals surface area contributed by atoms with Crippen molar-refractivity contribution < 1.29 is 14.3 Å². The van der Waals surface area contributed by atoms with Crippen LogP contribution in [0.25, 0.3) is 0 Å². The van der Waals surface area contributed by atoms with Crippen LogP contribution >= 0.6 is 0 Å². The summed E-state index contributed by atoms with van der Waals surface area (Å²) in [6.07, 6.45) is 4.46. The topological polar surface area (TPSA) is 139 Å². The number of carbonyl (C=O) groups is 2. The predicted octanol–water partition coefficient (Wildman–Crippen LogP) is 2.25. The molecule has 0 spiro atoms. The lowest BCUT2D eigenvalue weighted by molar-refractivity contribution is 0.0521. The molecule has 0 radical (unpaired) electrons. The molecule has 2 heterocycles. The minimum atomic E-state index is -0.561. The monoisotopic (exact) mass is 462 g/mol. The highest BCUT2D eigenvalue weighted by Crippen LogP contribution is 2.38. The van der Waals surface area contributed by atoms with Crippen molar-refractivity contribution >= 4 is 24.0 Å². The summed E-state index contributed by atoms with van der Waals surface area (Å²) in [7, 11) is 0. The van der Waals surface area contributed by atoms with E-state index in [0.29, 0.717) is 44.6 Å². The first-order valence-electron chi connectivity index (χ1n) is 11.9. The standard InChI is InChI=1S/C22H38N8O3/c1-5-6-7-16(14-24-21(32)33-22(2,3)4)25-20(31)30-12-10-29(11-13-30)19-27-17(15-8-9-15)26-18(23)28-19/h15-16H,5-14H2,1-4H3,(H,24,32)(H,25,31)(H2,23,26,27,28). The maximum absolute atomic E-state index is 12.9. The normalized spacial score (nSPS) is 17.5. The number of urea groups is 1. The third kappa shape index (κ3) is 7.90. The number of carbonyl (C=O) groups excluding carboxylic acids is 2. The lowest BCUT2D eigenvalue weighted by Gasteiger charge is -2.35. The first kappa shape index (κ1) is 24.8. The Kier molecular flexibility index (Phi) is 8.15. The fourth-order valence-corrected chi connectivity index (χ4v) is 3.63. The Morgan fingerprint density at radius 3 is 2.45 bits per heavy atom. The highest BCUT2D eigenvalue weighted by Gasteiger charge is 2.30. The third-order valence-electron chi connectivity index (χ3n) is 5.58. The van der Waals surface area contributed by atoms with Gasteiger partial charge in [-0.05, 0) is 40.0 Å². The number of alkyl carbamates (subject to hydrolysis) is 1. The first-order chi connectivity index (χ1) is 15.6. The minimum absolute atomic E-state index is 0.129. The van der Waals surface area contributed by atoms with Crippen molar-refractivity contribution in [3.05, 3.63) is 5.82 Å². The van der Waals surface area contributed by atoms with E-state index in [1.807, 2.05) is 25.7 Å². The Balaban J connectivity index is 1.50. The van der Waals surface area contributed by atoms with E-state index in [-0.39, 0.29) is 18.0 Å². The second kappa shape index (κ2) is 10.8. The van der Waals surface area contributed by atoms with E-state index < -0.39 is 11.7 Å². The number of amides is 3. The van der Waals surface area contributed by atoms with Crippen LogP contribution in [0.3, 0.4) is 0 Å². The number of ether oxygens (including phenoxy) is 1. The molecule has 0 bridgehead atoms. The molecule has 1 saturated heterocycles. The van der Waals surface area contributed by atoms with Crippen molar-refractivity contribution in [1.82, 2.24) is 30.5 Å². The molecule has 1 unspecified atom stereocenters. The number of anilines is 2. The lowest BCUT2D eigenvalue weighted by atomic mass is 10.1. The summed E-state index contributed by atoms with van der Waals surface area (Å²) >= 11 is 0. The van der Waals surface area contributed by atoms with Crippen LogP contribution in [0.15, 0.2) is 0 Å². The number of hydrogen-bond acceptors (Lipinski definition) is 8. The molecule has 1 saturated carbocycles. The highest BCUT2D eigenvalue weighted by atomic mass is 16.6. The zero-order valence-corrected chi connectivity index (χ0v) is 20.3. The Bertz CT molecular complexity index is 816. The van der Waals surface area contributed by atoms with Gasteiger partial charge in [-0.3, -0.25) is 0 Å². The fourth-order valence-electron chi connectivity index (χ4n) is 3.63. The number of aromatic nitrogens is 3. The van der Waals surface area contributed by atoms with E-state index in [0.717, 1.165) is 37.9 Å². The number of unbranched alkanes of at least 4 members (excludes halogenated alkanes) is 1. The van der Waals surface area contributed by atoms with Crippen molar-refractivity contribution in [2.45, 2.75) is 77.4 Å². The fraction of sp³-hybridized carbons (Fsp3) is 0.773. The van der Waals surface area contributed by atoms with E-state index >= 15 is 0 Å². The smallest absolute Gasteiger partial charge is 0.407 e. The molecule has 1 aromatic rings. The van der Waals surface area contributed by atoms with Crippen LogP contribution in [0.1, 0.15) is 71.5 Å².